The molecule has 0 aliphatic rings. The third kappa shape index (κ3) is 2.91. The minimum absolute atomic E-state index is 0.296. The van der Waals surface area contributed by atoms with Gasteiger partial charge < -0.3 is 0 Å². The monoisotopic (exact) mass is 254 g/mol. The summed E-state index contributed by atoms with van der Waals surface area (Å²) in [5.41, 5.74) is 2.96. The van der Waals surface area contributed by atoms with Crippen molar-refractivity contribution in [2.75, 3.05) is 5.43 Å². The molecule has 0 atom stereocenters. The molecule has 8 heteroatoms. The van der Waals surface area contributed by atoms with Gasteiger partial charge in [-0.25, -0.2) is 24.6 Å². The Morgan fingerprint density at radius 1 is 1.59 bits per heavy atom. The number of halogens is 1. The molecule has 0 bridgehead atoms. The second-order valence-corrected chi connectivity index (χ2v) is 3.68. The highest BCUT2D eigenvalue weighted by Gasteiger charge is 2.15. The van der Waals surface area contributed by atoms with Crippen LogP contribution < -0.4 is 9.99 Å². The predicted molar refractivity (Wildman–Crippen MR) is 60.0 cm³/mol. The van der Waals surface area contributed by atoms with Crippen molar-refractivity contribution in [3.8, 4) is 0 Å². The number of H-pyrrole nitrogens is 1. The Kier molecular flexibility index (Phi) is 3.20. The SMILES string of the molecule is O=[N+]([O-])Nc1[nH]cc[n+]1Cc1ccc(Cl)nc1. The quantitative estimate of drug-likeness (QED) is 0.369. The predicted octanol–water partition coefficient (Wildman–Crippen LogP) is 1.00. The van der Waals surface area contributed by atoms with Crippen LogP contribution in [0.5, 0.6) is 0 Å². The van der Waals surface area contributed by atoms with Crippen LogP contribution in [-0.4, -0.2) is 15.0 Å². The Hall–Kier alpha value is -2.15. The molecule has 2 heterocycles. The highest BCUT2D eigenvalue weighted by atomic mass is 35.5. The largest absolute Gasteiger partial charge is 0.417 e. The van der Waals surface area contributed by atoms with E-state index in [-0.39, 0.29) is 0 Å². The van der Waals surface area contributed by atoms with Crippen molar-refractivity contribution < 1.29 is 9.60 Å². The van der Waals surface area contributed by atoms with E-state index in [1.54, 1.807) is 29.2 Å². The van der Waals surface area contributed by atoms with Gasteiger partial charge in [0.2, 0.25) is 5.03 Å². The fourth-order valence-electron chi connectivity index (χ4n) is 1.38. The Bertz CT molecular complexity index is 524. The molecule has 0 aliphatic carbocycles. The highest BCUT2D eigenvalue weighted by Crippen LogP contribution is 2.05. The number of rotatable bonds is 4. The van der Waals surface area contributed by atoms with Crippen LogP contribution in [0.15, 0.2) is 30.7 Å². The summed E-state index contributed by atoms with van der Waals surface area (Å²) in [5.74, 6) is 0.296. The standard InChI is InChI=1S/C9H8ClN5O2/c10-8-2-1-7(5-12-8)6-14-4-3-11-9(14)13-15(16)17/h1-5H,6H2,(H,11,13)/p+1. The highest BCUT2D eigenvalue weighted by molar-refractivity contribution is 6.29. The van der Waals surface area contributed by atoms with Gasteiger partial charge in [-0.2, -0.15) is 0 Å². The van der Waals surface area contributed by atoms with E-state index < -0.39 is 5.03 Å². The zero-order valence-corrected chi connectivity index (χ0v) is 9.39. The van der Waals surface area contributed by atoms with Gasteiger partial charge >= 0.3 is 5.95 Å². The van der Waals surface area contributed by atoms with Gasteiger partial charge in [0.15, 0.2) is 0 Å². The van der Waals surface area contributed by atoms with Crippen LogP contribution >= 0.6 is 11.6 Å². The molecular weight excluding hydrogens is 246 g/mol. The first-order chi connectivity index (χ1) is 8.15. The van der Waals surface area contributed by atoms with Crippen molar-refractivity contribution in [3.05, 3.63) is 51.6 Å². The number of nitrogens with zero attached hydrogens (tertiary/aromatic N) is 3. The molecule has 0 unspecified atom stereocenters. The van der Waals surface area contributed by atoms with E-state index in [4.69, 9.17) is 11.6 Å². The van der Waals surface area contributed by atoms with E-state index in [1.165, 1.54) is 0 Å². The molecule has 2 aromatic rings. The van der Waals surface area contributed by atoms with Gasteiger partial charge in [-0.15, -0.1) is 0 Å². The smallest absolute Gasteiger partial charge is 0.244 e. The fourth-order valence-corrected chi connectivity index (χ4v) is 1.49. The molecule has 2 aromatic heterocycles. The maximum atomic E-state index is 10.3. The Balaban J connectivity index is 2.15. The van der Waals surface area contributed by atoms with Crippen LogP contribution in [0, 0.1) is 10.1 Å². The first-order valence-corrected chi connectivity index (χ1v) is 5.11. The van der Waals surface area contributed by atoms with E-state index in [2.05, 4.69) is 15.4 Å². The average molecular weight is 255 g/mol. The van der Waals surface area contributed by atoms with Gasteiger partial charge in [0.1, 0.15) is 5.15 Å². The van der Waals surface area contributed by atoms with E-state index in [1.807, 2.05) is 6.07 Å². The number of anilines is 1. The normalized spacial score (nSPS) is 10.2. The maximum absolute atomic E-state index is 10.3. The molecule has 7 nitrogen and oxygen atoms in total. The molecule has 2 rings (SSSR count). The first-order valence-electron chi connectivity index (χ1n) is 4.73. The molecule has 0 amide bonds. The number of pyridine rings is 1. The molecule has 2 N–H and O–H groups in total. The van der Waals surface area contributed by atoms with Crippen LogP contribution in [0.4, 0.5) is 5.95 Å². The summed E-state index contributed by atoms with van der Waals surface area (Å²) in [6.07, 6.45) is 4.92. The third-order valence-electron chi connectivity index (χ3n) is 2.10. The van der Waals surface area contributed by atoms with Gasteiger partial charge in [-0.3, -0.25) is 0 Å². The van der Waals surface area contributed by atoms with Crippen LogP contribution in [0.2, 0.25) is 5.15 Å². The van der Waals surface area contributed by atoms with Gasteiger partial charge in [0, 0.05) is 17.2 Å². The second kappa shape index (κ2) is 4.79. The lowest BCUT2D eigenvalue weighted by molar-refractivity contribution is -0.680. The van der Waals surface area contributed by atoms with Crippen LogP contribution in [-0.2, 0) is 6.54 Å². The summed E-state index contributed by atoms with van der Waals surface area (Å²) in [7, 11) is 0. The van der Waals surface area contributed by atoms with Gasteiger partial charge in [0.25, 0.3) is 0 Å². The van der Waals surface area contributed by atoms with Crippen molar-refractivity contribution in [2.24, 2.45) is 0 Å². The summed E-state index contributed by atoms with van der Waals surface area (Å²) in [6.45, 7) is 0.462. The Morgan fingerprint density at radius 2 is 2.41 bits per heavy atom. The first kappa shape index (κ1) is 11.3. The number of aromatic amines is 1. The molecule has 0 saturated carbocycles. The molecule has 0 aliphatic heterocycles. The summed E-state index contributed by atoms with van der Waals surface area (Å²) >= 11 is 5.67. The van der Waals surface area contributed by atoms with Crippen molar-refractivity contribution in [1.82, 2.24) is 9.97 Å². The summed E-state index contributed by atoms with van der Waals surface area (Å²) in [6, 6.07) is 3.48. The van der Waals surface area contributed by atoms with Crippen LogP contribution in [0.3, 0.4) is 0 Å². The van der Waals surface area contributed by atoms with Crippen molar-refractivity contribution >= 4 is 17.5 Å². The summed E-state index contributed by atoms with van der Waals surface area (Å²) in [5, 5.41) is 10.1. The third-order valence-corrected chi connectivity index (χ3v) is 2.32. The molecule has 0 aromatic carbocycles. The molecular formula is C9H9ClN5O2+. The number of nitrogens with one attached hydrogen (secondary N) is 2. The number of hydrazine groups is 1. The lowest BCUT2D eigenvalue weighted by Crippen LogP contribution is -2.36. The molecule has 0 radical (unpaired) electrons. The molecule has 17 heavy (non-hydrogen) atoms. The van der Waals surface area contributed by atoms with E-state index in [9.17, 15) is 10.1 Å². The number of nitro groups is 1. The molecule has 0 spiro atoms. The number of imidazole rings is 1. The summed E-state index contributed by atoms with van der Waals surface area (Å²) in [4.78, 5) is 17.0. The van der Waals surface area contributed by atoms with Crippen molar-refractivity contribution in [1.29, 1.82) is 0 Å². The molecule has 0 saturated heterocycles. The van der Waals surface area contributed by atoms with Crippen LogP contribution in [0.25, 0.3) is 0 Å². The summed E-state index contributed by atoms with van der Waals surface area (Å²) < 4.78 is 1.66. The second-order valence-electron chi connectivity index (χ2n) is 3.29. The zero-order valence-electron chi connectivity index (χ0n) is 8.63. The van der Waals surface area contributed by atoms with Gasteiger partial charge in [-0.1, -0.05) is 17.7 Å². The molecule has 88 valence electrons. The minimum Gasteiger partial charge on any atom is -0.244 e. The fraction of sp³-hybridized carbons (Fsp3) is 0.111. The van der Waals surface area contributed by atoms with E-state index in [0.717, 1.165) is 5.56 Å². The Labute approximate surface area is 101 Å². The number of aromatic nitrogens is 3. The maximum Gasteiger partial charge on any atom is 0.417 e. The van der Waals surface area contributed by atoms with Crippen molar-refractivity contribution in [3.63, 3.8) is 0 Å². The van der Waals surface area contributed by atoms with E-state index >= 15 is 0 Å². The van der Waals surface area contributed by atoms with Gasteiger partial charge in [0.05, 0.1) is 18.9 Å². The minimum atomic E-state index is -0.623. The molecule has 0 fully saturated rings. The van der Waals surface area contributed by atoms with Crippen molar-refractivity contribution in [2.45, 2.75) is 6.54 Å². The Morgan fingerprint density at radius 3 is 3.06 bits per heavy atom. The lowest BCUT2D eigenvalue weighted by atomic mass is 10.3. The lowest BCUT2D eigenvalue weighted by Gasteiger charge is -1.99. The van der Waals surface area contributed by atoms with Gasteiger partial charge in [-0.05, 0) is 6.07 Å². The van der Waals surface area contributed by atoms with E-state index in [0.29, 0.717) is 17.6 Å². The zero-order chi connectivity index (χ0) is 12.3. The average Bonchev–Trinajstić information content (AvgIpc) is 2.68. The number of hydrogen-bond donors (Lipinski definition) is 2. The number of hydrogen-bond acceptors (Lipinski definition) is 3. The topological polar surface area (TPSA) is 87.7 Å². The van der Waals surface area contributed by atoms with Crippen LogP contribution in [0.1, 0.15) is 5.56 Å².